The fourth-order valence-corrected chi connectivity index (χ4v) is 1.41. The molecule has 0 saturated heterocycles. The van der Waals surface area contributed by atoms with E-state index in [1.807, 2.05) is 6.07 Å². The van der Waals surface area contributed by atoms with Gasteiger partial charge in [0.25, 0.3) is 0 Å². The van der Waals surface area contributed by atoms with Gasteiger partial charge in [0.2, 0.25) is 0 Å². The second kappa shape index (κ2) is 4.11. The van der Waals surface area contributed by atoms with E-state index in [0.717, 1.165) is 0 Å². The Morgan fingerprint density at radius 2 is 2.21 bits per heavy atom. The predicted octanol–water partition coefficient (Wildman–Crippen LogP) is 1.65. The van der Waals surface area contributed by atoms with Gasteiger partial charge in [-0.05, 0) is 28.1 Å². The Kier molecular flexibility index (Phi) is 3.10. The Hall–Kier alpha value is -1.54. The Bertz CT molecular complexity index is 423. The molecule has 4 nitrogen and oxygen atoms in total. The minimum absolute atomic E-state index is 0.134. The van der Waals surface area contributed by atoms with E-state index in [9.17, 15) is 9.90 Å². The van der Waals surface area contributed by atoms with Crippen LogP contribution < -0.4 is 0 Å². The number of rotatable bonds is 2. The first-order chi connectivity index (χ1) is 6.56. The van der Waals surface area contributed by atoms with Gasteiger partial charge in [0, 0.05) is 5.56 Å². The maximum atomic E-state index is 10.5. The number of aromatic hydroxyl groups is 1. The molecule has 2 N–H and O–H groups in total. The summed E-state index contributed by atoms with van der Waals surface area (Å²) in [6, 6.07) is 4.78. The van der Waals surface area contributed by atoms with E-state index in [4.69, 9.17) is 10.4 Å². The molecule has 0 amide bonds. The highest BCUT2D eigenvalue weighted by Crippen LogP contribution is 2.30. The smallest absolute Gasteiger partial charge is 0.308 e. The zero-order valence-electron chi connectivity index (χ0n) is 6.99. The lowest BCUT2D eigenvalue weighted by molar-refractivity contribution is -0.136. The lowest BCUT2D eigenvalue weighted by atomic mass is 10.0. The maximum absolute atomic E-state index is 10.5. The van der Waals surface area contributed by atoms with Gasteiger partial charge in [-0.15, -0.1) is 0 Å². The number of hydrogen-bond donors (Lipinski definition) is 2. The molecule has 0 fully saturated rings. The van der Waals surface area contributed by atoms with Crippen molar-refractivity contribution in [1.82, 2.24) is 0 Å². The van der Waals surface area contributed by atoms with Gasteiger partial charge in [0.1, 0.15) is 5.75 Å². The van der Waals surface area contributed by atoms with Gasteiger partial charge in [-0.3, -0.25) is 4.79 Å². The van der Waals surface area contributed by atoms with Crippen LogP contribution in [0.25, 0.3) is 0 Å². The van der Waals surface area contributed by atoms with E-state index in [1.54, 1.807) is 0 Å². The molecule has 0 saturated carbocycles. The summed E-state index contributed by atoms with van der Waals surface area (Å²) in [5.74, 6) is -1.28. The first kappa shape index (κ1) is 10.5. The third-order valence-corrected chi connectivity index (χ3v) is 2.32. The van der Waals surface area contributed by atoms with Crippen LogP contribution in [-0.4, -0.2) is 16.2 Å². The summed E-state index contributed by atoms with van der Waals surface area (Å²) in [7, 11) is 0. The number of carbonyl (C=O) groups is 1. The monoisotopic (exact) mass is 255 g/mol. The van der Waals surface area contributed by atoms with Crippen molar-refractivity contribution in [3.8, 4) is 11.8 Å². The molecular formula is C9H6BrNO3. The summed E-state index contributed by atoms with van der Waals surface area (Å²) in [4.78, 5) is 10.5. The highest BCUT2D eigenvalue weighted by molar-refractivity contribution is 9.10. The van der Waals surface area contributed by atoms with E-state index in [-0.39, 0.29) is 23.3 Å². The van der Waals surface area contributed by atoms with Crippen LogP contribution in [0.5, 0.6) is 5.75 Å². The van der Waals surface area contributed by atoms with Crippen molar-refractivity contribution in [2.24, 2.45) is 0 Å². The zero-order valence-corrected chi connectivity index (χ0v) is 8.58. The van der Waals surface area contributed by atoms with Crippen LogP contribution in [0.15, 0.2) is 16.6 Å². The lowest BCUT2D eigenvalue weighted by Crippen LogP contribution is -2.02. The van der Waals surface area contributed by atoms with Gasteiger partial charge in [0.15, 0.2) is 0 Å². The molecule has 0 aliphatic carbocycles. The Labute approximate surface area is 88.5 Å². The van der Waals surface area contributed by atoms with E-state index >= 15 is 0 Å². The quantitative estimate of drug-likeness (QED) is 0.842. The second-order valence-electron chi connectivity index (χ2n) is 2.60. The van der Waals surface area contributed by atoms with Crippen molar-refractivity contribution in [3.63, 3.8) is 0 Å². The average molecular weight is 256 g/mol. The summed E-state index contributed by atoms with van der Waals surface area (Å²) in [5.41, 5.74) is 0.308. The number of aliphatic carboxylic acids is 1. The number of hydrogen-bond acceptors (Lipinski definition) is 3. The van der Waals surface area contributed by atoms with Gasteiger partial charge in [0.05, 0.1) is 22.5 Å². The summed E-state index contributed by atoms with van der Waals surface area (Å²) in [5, 5.41) is 26.7. The van der Waals surface area contributed by atoms with Gasteiger partial charge in [-0.1, -0.05) is 0 Å². The molecule has 0 heterocycles. The average Bonchev–Trinajstić information content (AvgIpc) is 2.13. The number of carboxylic acid groups (broad SMARTS) is 1. The van der Waals surface area contributed by atoms with Crippen molar-refractivity contribution < 1.29 is 15.0 Å². The number of nitrogens with zero attached hydrogens (tertiary/aromatic N) is 1. The largest absolute Gasteiger partial charge is 0.506 e. The second-order valence-corrected chi connectivity index (χ2v) is 3.46. The summed E-state index contributed by atoms with van der Waals surface area (Å²) < 4.78 is 0.382. The summed E-state index contributed by atoms with van der Waals surface area (Å²) in [6.45, 7) is 0. The number of carboxylic acids is 1. The molecule has 1 aromatic carbocycles. The van der Waals surface area contributed by atoms with Crippen molar-refractivity contribution >= 4 is 21.9 Å². The normalized spacial score (nSPS) is 9.43. The highest BCUT2D eigenvalue weighted by Gasteiger charge is 2.13. The molecule has 1 rings (SSSR count). The van der Waals surface area contributed by atoms with Gasteiger partial charge in [-0.25, -0.2) is 0 Å². The van der Waals surface area contributed by atoms with Crippen LogP contribution in [-0.2, 0) is 11.2 Å². The van der Waals surface area contributed by atoms with E-state index in [0.29, 0.717) is 4.47 Å². The molecule has 1 aromatic rings. The first-order valence-electron chi connectivity index (χ1n) is 3.68. The summed E-state index contributed by atoms with van der Waals surface area (Å²) >= 11 is 3.05. The van der Waals surface area contributed by atoms with Crippen molar-refractivity contribution in [2.45, 2.75) is 6.42 Å². The molecule has 0 radical (unpaired) electrons. The SMILES string of the molecule is N#Cc1ccc(Br)c(O)c1CC(=O)O. The van der Waals surface area contributed by atoms with Crippen LogP contribution in [0.1, 0.15) is 11.1 Å². The molecule has 0 aliphatic rings. The Morgan fingerprint density at radius 1 is 1.57 bits per heavy atom. The van der Waals surface area contributed by atoms with Crippen LogP contribution in [0.4, 0.5) is 0 Å². The molecule has 0 bridgehead atoms. The molecule has 0 aromatic heterocycles. The summed E-state index contributed by atoms with van der Waals surface area (Å²) in [6.07, 6.45) is -0.367. The number of halogens is 1. The number of benzene rings is 1. The predicted molar refractivity (Wildman–Crippen MR) is 51.9 cm³/mol. The fraction of sp³-hybridized carbons (Fsp3) is 0.111. The lowest BCUT2D eigenvalue weighted by Gasteiger charge is -2.05. The van der Waals surface area contributed by atoms with Crippen molar-refractivity contribution in [1.29, 1.82) is 5.26 Å². The van der Waals surface area contributed by atoms with Crippen molar-refractivity contribution in [2.75, 3.05) is 0 Å². The van der Waals surface area contributed by atoms with E-state index in [1.165, 1.54) is 12.1 Å². The van der Waals surface area contributed by atoms with Gasteiger partial charge in [-0.2, -0.15) is 5.26 Å². The zero-order chi connectivity index (χ0) is 10.7. The van der Waals surface area contributed by atoms with Gasteiger partial charge < -0.3 is 10.2 Å². The number of phenolic OH excluding ortho intramolecular Hbond substituents is 1. The van der Waals surface area contributed by atoms with E-state index in [2.05, 4.69) is 15.9 Å². The van der Waals surface area contributed by atoms with Crippen LogP contribution in [0.2, 0.25) is 0 Å². The molecule has 72 valence electrons. The van der Waals surface area contributed by atoms with Crippen molar-refractivity contribution in [3.05, 3.63) is 27.7 Å². The van der Waals surface area contributed by atoms with Crippen LogP contribution in [0, 0.1) is 11.3 Å². The minimum Gasteiger partial charge on any atom is -0.506 e. The van der Waals surface area contributed by atoms with Crippen LogP contribution >= 0.6 is 15.9 Å². The first-order valence-corrected chi connectivity index (χ1v) is 4.47. The van der Waals surface area contributed by atoms with Gasteiger partial charge >= 0.3 is 5.97 Å². The third-order valence-electron chi connectivity index (χ3n) is 1.68. The molecular weight excluding hydrogens is 250 g/mol. The maximum Gasteiger partial charge on any atom is 0.308 e. The molecule has 14 heavy (non-hydrogen) atoms. The Balaban J connectivity index is 3.29. The standard InChI is InChI=1S/C9H6BrNO3/c10-7-2-1-5(4-11)6(9(7)14)3-8(12)13/h1-2,14H,3H2,(H,12,13). The van der Waals surface area contributed by atoms with E-state index < -0.39 is 5.97 Å². The topological polar surface area (TPSA) is 81.3 Å². The highest BCUT2D eigenvalue weighted by atomic mass is 79.9. The number of nitriles is 1. The molecule has 0 aliphatic heterocycles. The molecule has 0 atom stereocenters. The molecule has 5 heteroatoms. The molecule has 0 unspecified atom stereocenters. The Morgan fingerprint density at radius 3 is 2.71 bits per heavy atom. The fourth-order valence-electron chi connectivity index (χ4n) is 1.04. The van der Waals surface area contributed by atoms with Crippen LogP contribution in [0.3, 0.4) is 0 Å². The minimum atomic E-state index is -1.09. The molecule has 0 spiro atoms. The number of phenols is 1. The third kappa shape index (κ3) is 2.03.